The Bertz CT molecular complexity index is 537. The van der Waals surface area contributed by atoms with Crippen molar-refractivity contribution in [2.75, 3.05) is 6.54 Å². The van der Waals surface area contributed by atoms with Crippen molar-refractivity contribution in [1.29, 1.82) is 5.41 Å². The molecule has 0 aliphatic carbocycles. The van der Waals surface area contributed by atoms with Gasteiger partial charge in [-0.15, -0.1) is 0 Å². The average Bonchev–Trinajstić information content (AvgIpc) is 2.45. The standard InChI is InChI=1S/C17H23N3/c1-5-19-15(4)10-9-13(2)14(3)12-16(18)17-8-6-7-11-20-17/h6-9,11-12,18H,5,10H2,1-4H3/b13-9+,14-12+,18-16?,19-15?. The van der Waals surface area contributed by atoms with Gasteiger partial charge in [0, 0.05) is 24.9 Å². The molecule has 0 spiro atoms. The number of nitrogens with zero attached hydrogens (tertiary/aromatic N) is 2. The minimum Gasteiger partial charge on any atom is -0.299 e. The van der Waals surface area contributed by atoms with Crippen LogP contribution in [-0.2, 0) is 0 Å². The highest BCUT2D eigenvalue weighted by atomic mass is 14.7. The van der Waals surface area contributed by atoms with Crippen LogP contribution in [0.2, 0.25) is 0 Å². The Hall–Kier alpha value is -2.03. The van der Waals surface area contributed by atoms with Crippen LogP contribution in [0, 0.1) is 5.41 Å². The number of pyridine rings is 1. The topological polar surface area (TPSA) is 49.1 Å². The summed E-state index contributed by atoms with van der Waals surface area (Å²) in [5.74, 6) is 0. The zero-order valence-electron chi connectivity index (χ0n) is 12.8. The number of hydrogen-bond donors (Lipinski definition) is 1. The fourth-order valence-electron chi connectivity index (χ4n) is 1.72. The lowest BCUT2D eigenvalue weighted by Gasteiger charge is -2.04. The van der Waals surface area contributed by atoms with Crippen LogP contribution in [0.5, 0.6) is 0 Å². The van der Waals surface area contributed by atoms with Crippen LogP contribution < -0.4 is 0 Å². The molecule has 20 heavy (non-hydrogen) atoms. The van der Waals surface area contributed by atoms with Gasteiger partial charge in [0.1, 0.15) is 0 Å². The second kappa shape index (κ2) is 8.20. The van der Waals surface area contributed by atoms with Crippen molar-refractivity contribution in [3.63, 3.8) is 0 Å². The molecule has 0 aromatic carbocycles. The van der Waals surface area contributed by atoms with E-state index in [2.05, 4.69) is 23.0 Å². The maximum atomic E-state index is 8.05. The molecule has 1 heterocycles. The molecule has 1 N–H and O–H groups in total. The van der Waals surface area contributed by atoms with E-state index in [0.717, 1.165) is 24.3 Å². The van der Waals surface area contributed by atoms with Gasteiger partial charge in [-0.3, -0.25) is 15.4 Å². The van der Waals surface area contributed by atoms with Crippen LogP contribution in [0.15, 0.2) is 52.7 Å². The van der Waals surface area contributed by atoms with E-state index in [1.54, 1.807) is 6.20 Å². The maximum absolute atomic E-state index is 8.05. The number of allylic oxidation sites excluding steroid dienone is 4. The zero-order valence-corrected chi connectivity index (χ0v) is 12.8. The number of aliphatic imine (C=N–C) groups is 1. The van der Waals surface area contributed by atoms with Crippen molar-refractivity contribution >= 4 is 11.4 Å². The first-order valence-corrected chi connectivity index (χ1v) is 6.90. The summed E-state index contributed by atoms with van der Waals surface area (Å²) in [6, 6.07) is 5.60. The summed E-state index contributed by atoms with van der Waals surface area (Å²) in [4.78, 5) is 8.55. The molecule has 1 aromatic rings. The van der Waals surface area contributed by atoms with Crippen molar-refractivity contribution < 1.29 is 0 Å². The SMILES string of the molecule is CCN=C(C)C/C=C(C)/C(C)=C/C(=N)c1ccccn1. The van der Waals surface area contributed by atoms with Crippen LogP contribution in [0.1, 0.15) is 39.8 Å². The van der Waals surface area contributed by atoms with Gasteiger partial charge in [0.05, 0.1) is 11.4 Å². The number of aromatic nitrogens is 1. The molecular weight excluding hydrogens is 246 g/mol. The molecule has 0 fully saturated rings. The van der Waals surface area contributed by atoms with Crippen LogP contribution in [-0.4, -0.2) is 23.0 Å². The van der Waals surface area contributed by atoms with Gasteiger partial charge in [0.15, 0.2) is 0 Å². The number of hydrogen-bond acceptors (Lipinski definition) is 3. The van der Waals surface area contributed by atoms with Crippen LogP contribution in [0.4, 0.5) is 0 Å². The molecule has 0 amide bonds. The molecule has 0 aliphatic heterocycles. The lowest BCUT2D eigenvalue weighted by Crippen LogP contribution is -1.99. The molecular formula is C17H23N3. The minimum absolute atomic E-state index is 0.440. The van der Waals surface area contributed by atoms with E-state index in [1.807, 2.05) is 45.0 Å². The molecule has 0 saturated carbocycles. The van der Waals surface area contributed by atoms with E-state index in [-0.39, 0.29) is 0 Å². The second-order valence-corrected chi connectivity index (χ2v) is 4.76. The third-order valence-corrected chi connectivity index (χ3v) is 3.06. The predicted molar refractivity (Wildman–Crippen MR) is 86.8 cm³/mol. The Morgan fingerprint density at radius 1 is 1.25 bits per heavy atom. The Morgan fingerprint density at radius 3 is 2.60 bits per heavy atom. The van der Waals surface area contributed by atoms with Gasteiger partial charge < -0.3 is 0 Å². The van der Waals surface area contributed by atoms with Crippen molar-refractivity contribution in [1.82, 2.24) is 4.98 Å². The van der Waals surface area contributed by atoms with E-state index in [0.29, 0.717) is 11.4 Å². The van der Waals surface area contributed by atoms with Gasteiger partial charge in [-0.25, -0.2) is 0 Å². The molecule has 0 bridgehead atoms. The molecule has 1 aromatic heterocycles. The second-order valence-electron chi connectivity index (χ2n) is 4.76. The smallest absolute Gasteiger partial charge is 0.0878 e. The number of nitrogens with one attached hydrogen (secondary N) is 1. The van der Waals surface area contributed by atoms with Crippen LogP contribution in [0.25, 0.3) is 0 Å². The highest BCUT2D eigenvalue weighted by Gasteiger charge is 2.01. The zero-order chi connectivity index (χ0) is 15.0. The molecule has 3 heteroatoms. The Labute approximate surface area is 121 Å². The molecule has 0 atom stereocenters. The molecule has 106 valence electrons. The van der Waals surface area contributed by atoms with Crippen molar-refractivity contribution in [2.45, 2.75) is 34.1 Å². The third kappa shape index (κ3) is 5.31. The molecule has 0 radical (unpaired) electrons. The van der Waals surface area contributed by atoms with Crippen LogP contribution >= 0.6 is 0 Å². The Morgan fingerprint density at radius 2 is 2.00 bits per heavy atom. The normalized spacial score (nSPS) is 13.5. The summed E-state index contributed by atoms with van der Waals surface area (Å²) in [7, 11) is 0. The summed E-state index contributed by atoms with van der Waals surface area (Å²) in [5.41, 5.74) is 4.54. The summed E-state index contributed by atoms with van der Waals surface area (Å²) in [5, 5.41) is 8.05. The van der Waals surface area contributed by atoms with Gasteiger partial charge in [-0.2, -0.15) is 0 Å². The molecule has 0 unspecified atom stereocenters. The first kappa shape index (κ1) is 16.0. The van der Waals surface area contributed by atoms with E-state index < -0.39 is 0 Å². The van der Waals surface area contributed by atoms with E-state index in [1.165, 1.54) is 5.57 Å². The predicted octanol–water partition coefficient (Wildman–Crippen LogP) is 4.21. The van der Waals surface area contributed by atoms with Gasteiger partial charge in [-0.1, -0.05) is 17.7 Å². The minimum atomic E-state index is 0.440. The lowest BCUT2D eigenvalue weighted by molar-refractivity contribution is 1.11. The summed E-state index contributed by atoms with van der Waals surface area (Å²) in [6.45, 7) is 9.01. The lowest BCUT2D eigenvalue weighted by atomic mass is 10.0. The fourth-order valence-corrected chi connectivity index (χ4v) is 1.72. The van der Waals surface area contributed by atoms with Crippen molar-refractivity contribution in [3.8, 4) is 0 Å². The average molecular weight is 269 g/mol. The highest BCUT2D eigenvalue weighted by Crippen LogP contribution is 2.11. The largest absolute Gasteiger partial charge is 0.299 e. The Kier molecular flexibility index (Phi) is 6.57. The van der Waals surface area contributed by atoms with Crippen molar-refractivity contribution in [2.24, 2.45) is 4.99 Å². The quantitative estimate of drug-likeness (QED) is 0.610. The van der Waals surface area contributed by atoms with Gasteiger partial charge in [0.2, 0.25) is 0 Å². The monoisotopic (exact) mass is 269 g/mol. The maximum Gasteiger partial charge on any atom is 0.0878 e. The summed E-state index contributed by atoms with van der Waals surface area (Å²) in [6.07, 6.45) is 6.59. The van der Waals surface area contributed by atoms with Gasteiger partial charge >= 0.3 is 0 Å². The van der Waals surface area contributed by atoms with Gasteiger partial charge in [0.25, 0.3) is 0 Å². The summed E-state index contributed by atoms with van der Waals surface area (Å²) >= 11 is 0. The first-order valence-electron chi connectivity index (χ1n) is 6.90. The number of rotatable bonds is 6. The molecule has 1 rings (SSSR count). The summed E-state index contributed by atoms with van der Waals surface area (Å²) < 4.78 is 0. The van der Waals surface area contributed by atoms with E-state index in [9.17, 15) is 0 Å². The molecule has 0 aliphatic rings. The van der Waals surface area contributed by atoms with Crippen molar-refractivity contribution in [3.05, 3.63) is 53.4 Å². The Balaban J connectivity index is 2.76. The highest BCUT2D eigenvalue weighted by molar-refractivity contribution is 6.05. The molecule has 3 nitrogen and oxygen atoms in total. The molecule has 0 saturated heterocycles. The first-order chi connectivity index (χ1) is 9.54. The van der Waals surface area contributed by atoms with Gasteiger partial charge in [-0.05, 0) is 51.5 Å². The van der Waals surface area contributed by atoms with E-state index >= 15 is 0 Å². The third-order valence-electron chi connectivity index (χ3n) is 3.06. The fraction of sp³-hybridized carbons (Fsp3) is 0.353. The van der Waals surface area contributed by atoms with Crippen LogP contribution in [0.3, 0.4) is 0 Å². The van der Waals surface area contributed by atoms with E-state index in [4.69, 9.17) is 5.41 Å².